The van der Waals surface area contributed by atoms with E-state index in [2.05, 4.69) is 17.0 Å². The number of carbonyl (C=O) groups is 2. The number of morpholine rings is 1. The van der Waals surface area contributed by atoms with Crippen LogP contribution in [0.1, 0.15) is 17.2 Å². The van der Waals surface area contributed by atoms with E-state index in [4.69, 9.17) is 4.74 Å². The Hall–Kier alpha value is -2.86. The monoisotopic (exact) mass is 393 g/mol. The third-order valence-corrected chi connectivity index (χ3v) is 5.86. The standard InChI is InChI=1S/C23H27N3O3/c1-17-8-10-18(11-9-17)21-22(29-16-20(27)24(21)2)23(28)26-14-12-25(13-15-26)19-6-4-3-5-7-19/h3-11,21-22H,12-16H2,1-2H3/t21-,22+/m1/s1. The zero-order chi connectivity index (χ0) is 20.4. The second kappa shape index (κ2) is 8.25. The van der Waals surface area contributed by atoms with E-state index in [-0.39, 0.29) is 18.4 Å². The molecule has 2 fully saturated rings. The Morgan fingerprint density at radius 3 is 2.28 bits per heavy atom. The van der Waals surface area contributed by atoms with Gasteiger partial charge in [-0.25, -0.2) is 0 Å². The molecule has 152 valence electrons. The van der Waals surface area contributed by atoms with Gasteiger partial charge in [-0.05, 0) is 24.6 Å². The number of benzene rings is 2. The molecule has 6 nitrogen and oxygen atoms in total. The lowest BCUT2D eigenvalue weighted by Gasteiger charge is -2.42. The molecule has 0 unspecified atom stereocenters. The molecule has 0 N–H and O–H groups in total. The van der Waals surface area contributed by atoms with Gasteiger partial charge >= 0.3 is 0 Å². The molecule has 2 aliphatic rings. The highest BCUT2D eigenvalue weighted by Gasteiger charge is 2.42. The van der Waals surface area contributed by atoms with Crippen LogP contribution in [0.5, 0.6) is 0 Å². The highest BCUT2D eigenvalue weighted by molar-refractivity contribution is 5.86. The number of nitrogens with zero attached hydrogens (tertiary/aromatic N) is 3. The van der Waals surface area contributed by atoms with Crippen LogP contribution in [0.4, 0.5) is 5.69 Å². The number of amides is 2. The molecule has 6 heteroatoms. The molecular formula is C23H27N3O3. The van der Waals surface area contributed by atoms with Crippen LogP contribution in [0.25, 0.3) is 0 Å². The van der Waals surface area contributed by atoms with Gasteiger partial charge in [0.2, 0.25) is 5.91 Å². The molecule has 0 bridgehead atoms. The number of piperazine rings is 1. The van der Waals surface area contributed by atoms with E-state index < -0.39 is 12.1 Å². The highest BCUT2D eigenvalue weighted by Crippen LogP contribution is 2.31. The summed E-state index contributed by atoms with van der Waals surface area (Å²) in [7, 11) is 1.75. The minimum absolute atomic E-state index is 0.0392. The van der Waals surface area contributed by atoms with Crippen molar-refractivity contribution in [3.05, 3.63) is 65.7 Å². The first kappa shape index (κ1) is 19.5. The summed E-state index contributed by atoms with van der Waals surface area (Å²) in [5.74, 6) is -0.142. The number of anilines is 1. The van der Waals surface area contributed by atoms with Crippen molar-refractivity contribution in [2.45, 2.75) is 19.1 Å². The van der Waals surface area contributed by atoms with E-state index in [0.29, 0.717) is 13.1 Å². The van der Waals surface area contributed by atoms with Gasteiger partial charge in [0.25, 0.3) is 5.91 Å². The lowest BCUT2D eigenvalue weighted by molar-refractivity contribution is -0.167. The summed E-state index contributed by atoms with van der Waals surface area (Å²) < 4.78 is 5.79. The summed E-state index contributed by atoms with van der Waals surface area (Å²) in [5.41, 5.74) is 3.24. The Kier molecular flexibility index (Phi) is 5.53. The Morgan fingerprint density at radius 2 is 1.62 bits per heavy atom. The minimum Gasteiger partial charge on any atom is -0.368 e. The Labute approximate surface area is 171 Å². The fraction of sp³-hybridized carbons (Fsp3) is 0.391. The summed E-state index contributed by atoms with van der Waals surface area (Å²) in [6.07, 6.45) is -0.677. The lowest BCUT2D eigenvalue weighted by Crippen LogP contribution is -2.57. The van der Waals surface area contributed by atoms with Gasteiger partial charge < -0.3 is 19.4 Å². The minimum atomic E-state index is -0.677. The first-order valence-corrected chi connectivity index (χ1v) is 10.1. The molecule has 2 aromatic rings. The maximum Gasteiger partial charge on any atom is 0.254 e. The fourth-order valence-corrected chi connectivity index (χ4v) is 4.08. The van der Waals surface area contributed by atoms with Gasteiger partial charge in [-0.2, -0.15) is 0 Å². The zero-order valence-corrected chi connectivity index (χ0v) is 17.0. The van der Waals surface area contributed by atoms with Crippen LogP contribution >= 0.6 is 0 Å². The number of carbonyl (C=O) groups excluding carboxylic acids is 2. The number of para-hydroxylation sites is 1. The molecular weight excluding hydrogens is 366 g/mol. The van der Waals surface area contributed by atoms with E-state index in [1.165, 1.54) is 5.69 Å². The van der Waals surface area contributed by atoms with Gasteiger partial charge in [0.1, 0.15) is 6.61 Å². The number of rotatable bonds is 3. The number of ether oxygens (including phenoxy) is 1. The number of hydrogen-bond acceptors (Lipinski definition) is 4. The lowest BCUT2D eigenvalue weighted by atomic mass is 9.96. The summed E-state index contributed by atoms with van der Waals surface area (Å²) in [5, 5.41) is 0. The Balaban J connectivity index is 1.49. The van der Waals surface area contributed by atoms with Gasteiger partial charge in [0.05, 0.1) is 6.04 Å². The molecule has 4 rings (SSSR count). The highest BCUT2D eigenvalue weighted by atomic mass is 16.5. The van der Waals surface area contributed by atoms with Crippen LogP contribution in [-0.4, -0.2) is 67.6 Å². The van der Waals surface area contributed by atoms with Crippen molar-refractivity contribution in [2.24, 2.45) is 0 Å². The number of likely N-dealkylation sites (N-methyl/N-ethyl adjacent to an activating group) is 1. The van der Waals surface area contributed by atoms with E-state index in [1.54, 1.807) is 11.9 Å². The van der Waals surface area contributed by atoms with Gasteiger partial charge in [-0.3, -0.25) is 9.59 Å². The maximum absolute atomic E-state index is 13.3. The van der Waals surface area contributed by atoms with Crippen molar-refractivity contribution < 1.29 is 14.3 Å². The van der Waals surface area contributed by atoms with Crippen molar-refractivity contribution in [1.29, 1.82) is 0 Å². The number of hydrogen-bond donors (Lipinski definition) is 0. The quantitative estimate of drug-likeness (QED) is 0.803. The topological polar surface area (TPSA) is 53.1 Å². The summed E-state index contributed by atoms with van der Waals surface area (Å²) >= 11 is 0. The summed E-state index contributed by atoms with van der Waals surface area (Å²) in [6.45, 7) is 4.82. The van der Waals surface area contributed by atoms with Crippen LogP contribution in [0, 0.1) is 6.92 Å². The van der Waals surface area contributed by atoms with E-state index in [9.17, 15) is 9.59 Å². The second-order valence-electron chi connectivity index (χ2n) is 7.74. The molecule has 2 heterocycles. The maximum atomic E-state index is 13.3. The van der Waals surface area contributed by atoms with E-state index >= 15 is 0 Å². The predicted molar refractivity (Wildman–Crippen MR) is 112 cm³/mol. The zero-order valence-electron chi connectivity index (χ0n) is 17.0. The smallest absolute Gasteiger partial charge is 0.254 e. The van der Waals surface area contributed by atoms with Gasteiger partial charge in [0, 0.05) is 38.9 Å². The molecule has 2 atom stereocenters. The van der Waals surface area contributed by atoms with Crippen molar-refractivity contribution in [3.63, 3.8) is 0 Å². The molecule has 2 amide bonds. The Morgan fingerprint density at radius 1 is 0.966 bits per heavy atom. The molecule has 0 aromatic heterocycles. The van der Waals surface area contributed by atoms with Crippen LogP contribution < -0.4 is 4.90 Å². The van der Waals surface area contributed by atoms with Gasteiger partial charge in [0.15, 0.2) is 6.10 Å². The van der Waals surface area contributed by atoms with Crippen LogP contribution in [0.2, 0.25) is 0 Å². The molecule has 2 saturated heterocycles. The van der Waals surface area contributed by atoms with E-state index in [1.807, 2.05) is 54.3 Å². The third kappa shape index (κ3) is 3.98. The predicted octanol–water partition coefficient (Wildman–Crippen LogP) is 2.24. The fourth-order valence-electron chi connectivity index (χ4n) is 4.08. The normalized spacial score (nSPS) is 22.7. The molecule has 29 heavy (non-hydrogen) atoms. The number of aryl methyl sites for hydroxylation is 1. The molecule has 0 saturated carbocycles. The average molecular weight is 393 g/mol. The van der Waals surface area contributed by atoms with Crippen LogP contribution in [0.15, 0.2) is 54.6 Å². The SMILES string of the molecule is Cc1ccc([C@@H]2[C@@H](C(=O)N3CCN(c4ccccc4)CC3)OCC(=O)N2C)cc1. The first-order chi connectivity index (χ1) is 14.0. The summed E-state index contributed by atoms with van der Waals surface area (Å²) in [6, 6.07) is 17.8. The molecule has 2 aliphatic heterocycles. The van der Waals surface area contributed by atoms with Crippen molar-refractivity contribution in [1.82, 2.24) is 9.80 Å². The van der Waals surface area contributed by atoms with Crippen molar-refractivity contribution in [3.8, 4) is 0 Å². The van der Waals surface area contributed by atoms with Gasteiger partial charge in [-0.1, -0.05) is 48.0 Å². The van der Waals surface area contributed by atoms with Crippen LogP contribution in [0.3, 0.4) is 0 Å². The van der Waals surface area contributed by atoms with Gasteiger partial charge in [-0.15, -0.1) is 0 Å². The average Bonchev–Trinajstić information content (AvgIpc) is 2.76. The Bertz CT molecular complexity index is 861. The molecule has 0 aliphatic carbocycles. The van der Waals surface area contributed by atoms with Crippen LogP contribution in [-0.2, 0) is 14.3 Å². The molecule has 2 aromatic carbocycles. The summed E-state index contributed by atoms with van der Waals surface area (Å²) in [4.78, 5) is 31.4. The second-order valence-corrected chi connectivity index (χ2v) is 7.74. The first-order valence-electron chi connectivity index (χ1n) is 10.1. The van der Waals surface area contributed by atoms with Crippen molar-refractivity contribution in [2.75, 3.05) is 44.7 Å². The molecule has 0 radical (unpaired) electrons. The largest absolute Gasteiger partial charge is 0.368 e. The third-order valence-electron chi connectivity index (χ3n) is 5.86. The molecule has 0 spiro atoms. The van der Waals surface area contributed by atoms with Crippen molar-refractivity contribution >= 4 is 17.5 Å². The van der Waals surface area contributed by atoms with E-state index in [0.717, 1.165) is 24.2 Å².